The fourth-order valence-electron chi connectivity index (χ4n) is 2.31. The van der Waals surface area contributed by atoms with E-state index in [4.69, 9.17) is 4.74 Å². The van der Waals surface area contributed by atoms with Crippen LogP contribution in [0, 0.1) is 11.7 Å². The number of hydrogen-bond donors (Lipinski definition) is 1. The molecule has 9 heteroatoms. The fraction of sp³-hybridized carbons (Fsp3) is 0.368. The zero-order valence-electron chi connectivity index (χ0n) is 15.7. The summed E-state index contributed by atoms with van der Waals surface area (Å²) in [6.07, 6.45) is 0.658. The Hall–Kier alpha value is -2.81. The zero-order valence-corrected chi connectivity index (χ0v) is 16.5. The lowest BCUT2D eigenvalue weighted by atomic mass is 9.99. The molecule has 1 amide bonds. The first kappa shape index (κ1) is 21.5. The summed E-state index contributed by atoms with van der Waals surface area (Å²) in [4.78, 5) is 40.1. The molecule has 1 aromatic heterocycles. The van der Waals surface area contributed by atoms with Crippen LogP contribution < -0.4 is 5.32 Å². The van der Waals surface area contributed by atoms with Gasteiger partial charge in [0.15, 0.2) is 12.3 Å². The largest absolute Gasteiger partial charge is 0.467 e. The molecule has 0 fully saturated rings. The highest BCUT2D eigenvalue weighted by atomic mass is 32.1. The number of rotatable bonds is 8. The van der Waals surface area contributed by atoms with E-state index in [1.807, 2.05) is 6.92 Å². The summed E-state index contributed by atoms with van der Waals surface area (Å²) < 4.78 is 22.6. The second-order valence-corrected chi connectivity index (χ2v) is 6.93. The highest BCUT2D eigenvalue weighted by Crippen LogP contribution is 2.24. The molecule has 28 heavy (non-hydrogen) atoms. The number of benzene rings is 1. The first-order chi connectivity index (χ1) is 13.3. The second-order valence-electron chi connectivity index (χ2n) is 6.07. The lowest BCUT2D eigenvalue weighted by molar-refractivity contribution is -0.147. The highest BCUT2D eigenvalue weighted by Gasteiger charge is 2.27. The van der Waals surface area contributed by atoms with Crippen molar-refractivity contribution in [1.82, 2.24) is 10.3 Å². The molecule has 0 spiro atoms. The number of hydrogen-bond acceptors (Lipinski definition) is 7. The molecule has 0 aliphatic carbocycles. The number of nitrogens with one attached hydrogen (secondary N) is 1. The number of carbonyl (C=O) groups is 3. The molecule has 0 unspecified atom stereocenters. The quantitative estimate of drug-likeness (QED) is 0.675. The van der Waals surface area contributed by atoms with E-state index in [0.717, 1.165) is 0 Å². The van der Waals surface area contributed by atoms with E-state index in [9.17, 15) is 18.8 Å². The Balaban J connectivity index is 1.93. The number of halogens is 1. The molecule has 2 aromatic rings. The number of nitrogens with zero attached hydrogens (tertiary/aromatic N) is 1. The van der Waals surface area contributed by atoms with Gasteiger partial charge in [0.1, 0.15) is 16.9 Å². The van der Waals surface area contributed by atoms with Crippen molar-refractivity contribution >= 4 is 29.2 Å². The van der Waals surface area contributed by atoms with Crippen LogP contribution in [0.2, 0.25) is 0 Å². The zero-order chi connectivity index (χ0) is 20.7. The van der Waals surface area contributed by atoms with Crippen LogP contribution >= 0.6 is 11.3 Å². The van der Waals surface area contributed by atoms with Crippen molar-refractivity contribution in [2.24, 2.45) is 5.92 Å². The SMILES string of the molecule is CC[C@H](C)[C@H](NC(=O)COC(=O)c1csc(-c2ccc(F)cc2)n1)C(=O)OC. The number of aromatic nitrogens is 1. The van der Waals surface area contributed by atoms with Crippen LogP contribution in [0.15, 0.2) is 29.6 Å². The number of thiazole rings is 1. The standard InChI is InChI=1S/C19H21FN2O5S/c1-4-11(2)16(19(25)26-3)22-15(23)9-27-18(24)14-10-28-17(21-14)12-5-7-13(20)8-6-12/h5-8,10-11,16H,4,9H2,1-3H3,(H,22,23)/t11-,16-/m0/s1. The average Bonchev–Trinajstić information content (AvgIpc) is 3.19. The lowest BCUT2D eigenvalue weighted by Gasteiger charge is -2.21. The van der Waals surface area contributed by atoms with Crippen LogP contribution in [0.3, 0.4) is 0 Å². The number of ether oxygens (including phenoxy) is 2. The van der Waals surface area contributed by atoms with Crippen LogP contribution in [-0.4, -0.2) is 42.6 Å². The number of amides is 1. The number of carbonyl (C=O) groups excluding carboxylic acids is 3. The maximum Gasteiger partial charge on any atom is 0.358 e. The first-order valence-electron chi connectivity index (χ1n) is 8.61. The molecule has 1 heterocycles. The van der Waals surface area contributed by atoms with Gasteiger partial charge >= 0.3 is 11.9 Å². The molecule has 0 aliphatic heterocycles. The molecule has 0 saturated heterocycles. The summed E-state index contributed by atoms with van der Waals surface area (Å²) in [7, 11) is 1.24. The molecule has 7 nitrogen and oxygen atoms in total. The minimum atomic E-state index is -0.814. The maximum atomic E-state index is 13.0. The van der Waals surface area contributed by atoms with Gasteiger partial charge in [0.25, 0.3) is 5.91 Å². The predicted octanol–water partition coefficient (Wildman–Crippen LogP) is 2.81. The van der Waals surface area contributed by atoms with Crippen molar-refractivity contribution in [2.75, 3.05) is 13.7 Å². The van der Waals surface area contributed by atoms with Crippen molar-refractivity contribution in [2.45, 2.75) is 26.3 Å². The van der Waals surface area contributed by atoms with E-state index in [1.54, 1.807) is 19.1 Å². The second kappa shape index (κ2) is 9.93. The van der Waals surface area contributed by atoms with Crippen LogP contribution in [0.5, 0.6) is 0 Å². The van der Waals surface area contributed by atoms with Gasteiger partial charge < -0.3 is 14.8 Å². The summed E-state index contributed by atoms with van der Waals surface area (Å²) in [5.74, 6) is -2.44. The molecule has 1 N–H and O–H groups in total. The average molecular weight is 408 g/mol. The Kier molecular flexibility index (Phi) is 7.62. The highest BCUT2D eigenvalue weighted by molar-refractivity contribution is 7.13. The molecule has 2 rings (SSSR count). The van der Waals surface area contributed by atoms with Crippen molar-refractivity contribution in [3.05, 3.63) is 41.2 Å². The molecular formula is C19H21FN2O5S. The van der Waals surface area contributed by atoms with Gasteiger partial charge in [-0.2, -0.15) is 0 Å². The molecule has 0 aliphatic rings. The van der Waals surface area contributed by atoms with Crippen LogP contribution in [-0.2, 0) is 19.1 Å². The van der Waals surface area contributed by atoms with Gasteiger partial charge in [-0.3, -0.25) is 4.79 Å². The first-order valence-corrected chi connectivity index (χ1v) is 9.49. The number of methoxy groups -OCH3 is 1. The third-order valence-electron chi connectivity index (χ3n) is 4.12. The van der Waals surface area contributed by atoms with Gasteiger partial charge in [-0.05, 0) is 30.2 Å². The molecule has 0 radical (unpaired) electrons. The molecule has 150 valence electrons. The van der Waals surface area contributed by atoms with Gasteiger partial charge in [0.2, 0.25) is 0 Å². The summed E-state index contributed by atoms with van der Waals surface area (Å²) in [6.45, 7) is 3.14. The van der Waals surface area contributed by atoms with Gasteiger partial charge in [0.05, 0.1) is 7.11 Å². The predicted molar refractivity (Wildman–Crippen MR) is 101 cm³/mol. The monoisotopic (exact) mass is 408 g/mol. The van der Waals surface area contributed by atoms with Gasteiger partial charge in [-0.1, -0.05) is 20.3 Å². The Bertz CT molecular complexity index is 837. The fourth-order valence-corrected chi connectivity index (χ4v) is 3.10. The minimum Gasteiger partial charge on any atom is -0.467 e. The summed E-state index contributed by atoms with van der Waals surface area (Å²) >= 11 is 1.20. The van der Waals surface area contributed by atoms with Crippen molar-refractivity contribution in [1.29, 1.82) is 0 Å². The summed E-state index contributed by atoms with van der Waals surface area (Å²) in [5, 5.41) is 4.54. The van der Waals surface area contributed by atoms with E-state index in [-0.39, 0.29) is 17.4 Å². The topological polar surface area (TPSA) is 94.6 Å². The normalized spacial score (nSPS) is 12.7. The van der Waals surface area contributed by atoms with Gasteiger partial charge in [-0.15, -0.1) is 11.3 Å². The molecule has 0 saturated carbocycles. The third kappa shape index (κ3) is 5.59. The van der Waals surface area contributed by atoms with Crippen molar-refractivity contribution < 1.29 is 28.2 Å². The summed E-state index contributed by atoms with van der Waals surface area (Å²) in [6, 6.07) is 4.89. The minimum absolute atomic E-state index is 0.0450. The van der Waals surface area contributed by atoms with Gasteiger partial charge in [-0.25, -0.2) is 19.0 Å². The van der Waals surface area contributed by atoms with E-state index in [0.29, 0.717) is 17.0 Å². The van der Waals surface area contributed by atoms with E-state index >= 15 is 0 Å². The Labute approximate surface area is 165 Å². The number of esters is 2. The Morgan fingerprint density at radius 1 is 1.25 bits per heavy atom. The Morgan fingerprint density at radius 2 is 1.93 bits per heavy atom. The molecular weight excluding hydrogens is 387 g/mol. The van der Waals surface area contributed by atoms with Crippen molar-refractivity contribution in [3.8, 4) is 10.6 Å². The van der Waals surface area contributed by atoms with Crippen LogP contribution in [0.4, 0.5) is 4.39 Å². The lowest BCUT2D eigenvalue weighted by Crippen LogP contribution is -2.47. The van der Waals surface area contributed by atoms with Gasteiger partial charge in [0, 0.05) is 10.9 Å². The van der Waals surface area contributed by atoms with Crippen LogP contribution in [0.25, 0.3) is 10.6 Å². The van der Waals surface area contributed by atoms with Crippen LogP contribution in [0.1, 0.15) is 30.8 Å². The van der Waals surface area contributed by atoms with E-state index < -0.39 is 30.5 Å². The molecule has 2 atom stereocenters. The smallest absolute Gasteiger partial charge is 0.358 e. The van der Waals surface area contributed by atoms with E-state index in [2.05, 4.69) is 15.0 Å². The van der Waals surface area contributed by atoms with E-state index in [1.165, 1.54) is 36.0 Å². The summed E-state index contributed by atoms with van der Waals surface area (Å²) in [5.41, 5.74) is 0.709. The Morgan fingerprint density at radius 3 is 2.54 bits per heavy atom. The molecule has 0 bridgehead atoms. The van der Waals surface area contributed by atoms with Crippen molar-refractivity contribution in [3.63, 3.8) is 0 Å². The maximum absolute atomic E-state index is 13.0. The molecule has 1 aromatic carbocycles. The third-order valence-corrected chi connectivity index (χ3v) is 5.01.